The van der Waals surface area contributed by atoms with Crippen LogP contribution >= 0.6 is 0 Å². The highest BCUT2D eigenvalue weighted by molar-refractivity contribution is 5.93. The molecule has 1 aromatic heterocycles. The van der Waals surface area contributed by atoms with Gasteiger partial charge < -0.3 is 24.7 Å². The highest BCUT2D eigenvalue weighted by atomic mass is 16.5. The Morgan fingerprint density at radius 2 is 2.32 bits per heavy atom. The van der Waals surface area contributed by atoms with Gasteiger partial charge in [-0.25, -0.2) is 9.59 Å². The minimum Gasteiger partial charge on any atom is -0.461 e. The maximum atomic E-state index is 12.3. The topological polar surface area (TPSA) is 83.7 Å². The molecule has 0 aromatic carbocycles. The highest BCUT2D eigenvalue weighted by Crippen LogP contribution is 2.18. The summed E-state index contributed by atoms with van der Waals surface area (Å²) >= 11 is 0. The predicted molar refractivity (Wildman–Crippen MR) is 81.9 cm³/mol. The molecule has 7 heteroatoms. The van der Waals surface area contributed by atoms with Crippen LogP contribution < -0.4 is 5.32 Å². The molecular weight excluding hydrogens is 286 g/mol. The van der Waals surface area contributed by atoms with Gasteiger partial charge in [-0.2, -0.15) is 0 Å². The first-order valence-corrected chi connectivity index (χ1v) is 7.54. The number of methoxy groups -OCH3 is 1. The number of nitrogens with zero attached hydrogens (tertiary/aromatic N) is 1. The van der Waals surface area contributed by atoms with E-state index in [0.717, 1.165) is 19.4 Å². The van der Waals surface area contributed by atoms with Crippen LogP contribution in [-0.4, -0.2) is 55.3 Å². The normalized spacial score (nSPS) is 18.1. The average Bonchev–Trinajstić information content (AvgIpc) is 2.97. The zero-order valence-electron chi connectivity index (χ0n) is 13.1. The number of H-pyrrole nitrogens is 1. The van der Waals surface area contributed by atoms with Crippen molar-refractivity contribution in [3.05, 3.63) is 18.0 Å². The molecule has 0 radical (unpaired) electrons. The summed E-state index contributed by atoms with van der Waals surface area (Å²) < 4.78 is 10.1. The molecule has 2 rings (SSSR count). The van der Waals surface area contributed by atoms with Crippen molar-refractivity contribution in [2.24, 2.45) is 5.92 Å². The first-order chi connectivity index (χ1) is 10.6. The Bertz CT molecular complexity index is 513. The van der Waals surface area contributed by atoms with Crippen LogP contribution in [0.4, 0.5) is 10.5 Å². The number of carbonyl (C=O) groups is 2. The molecule has 0 aliphatic carbocycles. The average molecular weight is 309 g/mol. The number of amides is 2. The third-order valence-corrected chi connectivity index (χ3v) is 3.64. The fourth-order valence-electron chi connectivity index (χ4n) is 2.62. The maximum Gasteiger partial charge on any atom is 0.354 e. The standard InChI is InChI=1S/C15H23N3O4/c1-3-22-14(19)13-7-12(8-16-13)17-15(20)18-6-4-5-11(9-18)10-21-2/h7-8,11,16H,3-6,9-10H2,1-2H3,(H,17,20)/t11-/m1/s1. The van der Waals surface area contributed by atoms with E-state index in [9.17, 15) is 9.59 Å². The Morgan fingerprint density at radius 3 is 3.05 bits per heavy atom. The third-order valence-electron chi connectivity index (χ3n) is 3.64. The van der Waals surface area contributed by atoms with E-state index in [4.69, 9.17) is 9.47 Å². The SMILES string of the molecule is CCOC(=O)c1cc(NC(=O)N2CCC[C@@H](COC)C2)c[nH]1. The van der Waals surface area contributed by atoms with Crippen LogP contribution in [0, 0.1) is 5.92 Å². The largest absolute Gasteiger partial charge is 0.461 e. The van der Waals surface area contributed by atoms with Gasteiger partial charge in [-0.3, -0.25) is 0 Å². The molecule has 1 atom stereocenters. The molecule has 1 aliphatic rings. The van der Waals surface area contributed by atoms with Crippen molar-refractivity contribution in [3.63, 3.8) is 0 Å². The van der Waals surface area contributed by atoms with E-state index in [0.29, 0.717) is 37.1 Å². The highest BCUT2D eigenvalue weighted by Gasteiger charge is 2.24. The van der Waals surface area contributed by atoms with Crippen LogP contribution in [0.1, 0.15) is 30.3 Å². The van der Waals surface area contributed by atoms with Crippen molar-refractivity contribution in [1.82, 2.24) is 9.88 Å². The minimum absolute atomic E-state index is 0.157. The zero-order chi connectivity index (χ0) is 15.9. The number of ether oxygens (including phenoxy) is 2. The molecule has 0 unspecified atom stereocenters. The maximum absolute atomic E-state index is 12.3. The van der Waals surface area contributed by atoms with E-state index in [1.54, 1.807) is 31.2 Å². The first kappa shape index (κ1) is 16.4. The van der Waals surface area contributed by atoms with Gasteiger partial charge in [0.2, 0.25) is 0 Å². The fourth-order valence-corrected chi connectivity index (χ4v) is 2.62. The Morgan fingerprint density at radius 1 is 1.50 bits per heavy atom. The molecule has 1 aromatic rings. The van der Waals surface area contributed by atoms with E-state index >= 15 is 0 Å². The van der Waals surface area contributed by atoms with Gasteiger partial charge in [0.15, 0.2) is 0 Å². The van der Waals surface area contributed by atoms with E-state index in [-0.39, 0.29) is 6.03 Å². The summed E-state index contributed by atoms with van der Waals surface area (Å²) in [6.45, 7) is 4.15. The molecule has 7 nitrogen and oxygen atoms in total. The molecule has 1 aliphatic heterocycles. The number of esters is 1. The molecule has 0 bridgehead atoms. The lowest BCUT2D eigenvalue weighted by atomic mass is 9.99. The van der Waals surface area contributed by atoms with Gasteiger partial charge in [0.1, 0.15) is 5.69 Å². The fraction of sp³-hybridized carbons (Fsp3) is 0.600. The number of urea groups is 1. The lowest BCUT2D eigenvalue weighted by Crippen LogP contribution is -2.43. The summed E-state index contributed by atoms with van der Waals surface area (Å²) in [6, 6.07) is 1.42. The van der Waals surface area contributed by atoms with Gasteiger partial charge in [0.25, 0.3) is 0 Å². The first-order valence-electron chi connectivity index (χ1n) is 7.54. The second-order valence-corrected chi connectivity index (χ2v) is 5.36. The summed E-state index contributed by atoms with van der Waals surface area (Å²) in [4.78, 5) is 28.4. The van der Waals surface area contributed by atoms with Crippen molar-refractivity contribution < 1.29 is 19.1 Å². The van der Waals surface area contributed by atoms with Crippen molar-refractivity contribution in [1.29, 1.82) is 0 Å². The van der Waals surface area contributed by atoms with Gasteiger partial charge >= 0.3 is 12.0 Å². The number of aromatic nitrogens is 1. The molecule has 1 saturated heterocycles. The number of piperidine rings is 1. The summed E-state index contributed by atoms with van der Waals surface area (Å²) in [5, 5.41) is 2.80. The van der Waals surface area contributed by atoms with Crippen molar-refractivity contribution in [3.8, 4) is 0 Å². The Labute approximate surface area is 130 Å². The van der Waals surface area contributed by atoms with Crippen LogP contribution in [0.15, 0.2) is 12.3 Å². The monoisotopic (exact) mass is 309 g/mol. The van der Waals surface area contributed by atoms with Crippen LogP contribution in [0.3, 0.4) is 0 Å². The lowest BCUT2D eigenvalue weighted by Gasteiger charge is -2.32. The zero-order valence-corrected chi connectivity index (χ0v) is 13.1. The molecule has 2 N–H and O–H groups in total. The van der Waals surface area contributed by atoms with Gasteiger partial charge in [0.05, 0.1) is 18.9 Å². The summed E-state index contributed by atoms with van der Waals surface area (Å²) in [6.07, 6.45) is 3.64. The van der Waals surface area contributed by atoms with Crippen LogP contribution in [0.5, 0.6) is 0 Å². The number of likely N-dealkylation sites (tertiary alicyclic amines) is 1. The van der Waals surface area contributed by atoms with Gasteiger partial charge in [-0.1, -0.05) is 0 Å². The second kappa shape index (κ2) is 7.84. The predicted octanol–water partition coefficient (Wildman–Crippen LogP) is 2.08. The third kappa shape index (κ3) is 4.24. The van der Waals surface area contributed by atoms with E-state index in [1.165, 1.54) is 0 Å². The van der Waals surface area contributed by atoms with Crippen LogP contribution in [0.2, 0.25) is 0 Å². The number of rotatable bonds is 5. The number of carbonyl (C=O) groups excluding carboxylic acids is 2. The molecule has 22 heavy (non-hydrogen) atoms. The van der Waals surface area contributed by atoms with Crippen molar-refractivity contribution in [2.45, 2.75) is 19.8 Å². The summed E-state index contributed by atoms with van der Waals surface area (Å²) in [5.41, 5.74) is 0.884. The number of hydrogen-bond donors (Lipinski definition) is 2. The summed E-state index contributed by atoms with van der Waals surface area (Å²) in [5.74, 6) is -0.0491. The molecule has 2 heterocycles. The quantitative estimate of drug-likeness (QED) is 0.816. The smallest absolute Gasteiger partial charge is 0.354 e. The van der Waals surface area contributed by atoms with Crippen LogP contribution in [0.25, 0.3) is 0 Å². The molecule has 2 amide bonds. The molecule has 0 saturated carbocycles. The number of hydrogen-bond acceptors (Lipinski definition) is 4. The van der Waals surface area contributed by atoms with Gasteiger partial charge in [-0.05, 0) is 25.8 Å². The van der Waals surface area contributed by atoms with Crippen molar-refractivity contribution >= 4 is 17.7 Å². The second-order valence-electron chi connectivity index (χ2n) is 5.36. The minimum atomic E-state index is -0.430. The van der Waals surface area contributed by atoms with E-state index < -0.39 is 5.97 Å². The van der Waals surface area contributed by atoms with Gasteiger partial charge in [0, 0.05) is 32.3 Å². The number of anilines is 1. The Balaban J connectivity index is 1.90. The van der Waals surface area contributed by atoms with Crippen molar-refractivity contribution in [2.75, 3.05) is 38.7 Å². The van der Waals surface area contributed by atoms with Gasteiger partial charge in [-0.15, -0.1) is 0 Å². The van der Waals surface area contributed by atoms with E-state index in [2.05, 4.69) is 10.3 Å². The van der Waals surface area contributed by atoms with E-state index in [1.807, 2.05) is 0 Å². The Kier molecular flexibility index (Phi) is 5.83. The molecule has 0 spiro atoms. The molecule has 1 fully saturated rings. The van der Waals surface area contributed by atoms with Crippen LogP contribution in [-0.2, 0) is 9.47 Å². The molecular formula is C15H23N3O4. The Hall–Kier alpha value is -2.02. The number of nitrogens with one attached hydrogen (secondary N) is 2. The summed E-state index contributed by atoms with van der Waals surface area (Å²) in [7, 11) is 1.68. The number of aromatic amines is 1. The lowest BCUT2D eigenvalue weighted by molar-refractivity contribution is 0.0520. The molecule has 122 valence electrons.